The van der Waals surface area contributed by atoms with Crippen LogP contribution in [0.4, 0.5) is 16.4 Å². The molecule has 2 N–H and O–H groups in total. The van der Waals surface area contributed by atoms with Crippen LogP contribution in [0.5, 0.6) is 5.75 Å². The van der Waals surface area contributed by atoms with Crippen LogP contribution in [0.3, 0.4) is 0 Å². The third-order valence-electron chi connectivity index (χ3n) is 5.06. The van der Waals surface area contributed by atoms with E-state index in [4.69, 9.17) is 33.1 Å². The molecule has 182 valence electrons. The van der Waals surface area contributed by atoms with E-state index >= 15 is 0 Å². The van der Waals surface area contributed by atoms with Crippen LogP contribution >= 0.6 is 34.5 Å². The van der Waals surface area contributed by atoms with Crippen molar-refractivity contribution in [3.63, 3.8) is 0 Å². The molecule has 8 nitrogen and oxygen atoms in total. The van der Waals surface area contributed by atoms with Crippen molar-refractivity contribution in [2.75, 3.05) is 35.5 Å². The molecule has 3 aromatic rings. The van der Waals surface area contributed by atoms with E-state index < -0.39 is 20.3 Å². The lowest BCUT2D eigenvalue weighted by molar-refractivity contribution is -0.380. The van der Waals surface area contributed by atoms with Gasteiger partial charge in [-0.2, -0.15) is 8.42 Å². The van der Waals surface area contributed by atoms with Crippen molar-refractivity contribution in [2.24, 2.45) is 0 Å². The number of hydrogen-bond donors (Lipinski definition) is 1. The summed E-state index contributed by atoms with van der Waals surface area (Å²) in [5.41, 5.74) is 7.81. The molecule has 0 spiro atoms. The van der Waals surface area contributed by atoms with Crippen LogP contribution in [0.15, 0.2) is 60.0 Å². The number of thiophene rings is 1. The minimum absolute atomic E-state index is 0.0164. The Hall–Kier alpha value is -2.53. The number of halogens is 2. The lowest BCUT2D eigenvalue weighted by atomic mass is 10.1. The fourth-order valence-electron chi connectivity index (χ4n) is 3.42. The fraction of sp³-hybridized carbons (Fsp3) is 0.273. The van der Waals surface area contributed by atoms with Crippen LogP contribution < -0.4 is 14.8 Å². The maximum absolute atomic E-state index is 13.4. The summed E-state index contributed by atoms with van der Waals surface area (Å²) in [6.45, 7) is 1.16. The standard InChI is InChI=1S/C22H23Cl2N3O5S2/c23-10-12-26(13-11-24)18-5-7-19(8-6-18)32-34(30,31)21(15-16-1-3-17(25)4-2-16)20-9-14-33-22(20)27(28)29/h1-9,14,21H,10-13,15,25H2. The fourth-order valence-corrected chi connectivity index (χ4v) is 6.07. The van der Waals surface area contributed by atoms with E-state index in [0.717, 1.165) is 17.0 Å². The molecule has 0 fully saturated rings. The molecule has 0 aliphatic rings. The van der Waals surface area contributed by atoms with Crippen LogP contribution in [-0.2, 0) is 16.5 Å². The quantitative estimate of drug-likeness (QED) is 0.109. The molecule has 0 aliphatic carbocycles. The minimum atomic E-state index is -4.30. The van der Waals surface area contributed by atoms with E-state index in [0.29, 0.717) is 36.1 Å². The summed E-state index contributed by atoms with van der Waals surface area (Å²) < 4.78 is 32.1. The van der Waals surface area contributed by atoms with Gasteiger partial charge in [-0.25, -0.2) is 0 Å². The average Bonchev–Trinajstić information content (AvgIpc) is 3.28. The van der Waals surface area contributed by atoms with E-state index in [1.54, 1.807) is 36.4 Å². The van der Waals surface area contributed by atoms with Crippen molar-refractivity contribution < 1.29 is 17.5 Å². The SMILES string of the molecule is Nc1ccc(CC(c2ccsc2[N+](=O)[O-])S(=O)(=O)Oc2ccc(N(CCCl)CCCl)cc2)cc1. The van der Waals surface area contributed by atoms with Gasteiger partial charge in [0.2, 0.25) is 0 Å². The van der Waals surface area contributed by atoms with Gasteiger partial charge in [-0.05, 0) is 59.8 Å². The molecule has 0 aliphatic heterocycles. The molecular formula is C22H23Cl2N3O5S2. The van der Waals surface area contributed by atoms with Gasteiger partial charge in [0.15, 0.2) is 0 Å². The molecule has 1 heterocycles. The van der Waals surface area contributed by atoms with Crippen molar-refractivity contribution in [3.05, 3.63) is 81.2 Å². The van der Waals surface area contributed by atoms with Crippen molar-refractivity contribution in [1.29, 1.82) is 0 Å². The van der Waals surface area contributed by atoms with E-state index in [1.807, 2.05) is 4.90 Å². The smallest absolute Gasteiger partial charge is 0.328 e. The van der Waals surface area contributed by atoms with Crippen LogP contribution in [-0.4, -0.2) is 38.2 Å². The van der Waals surface area contributed by atoms with Gasteiger partial charge >= 0.3 is 15.1 Å². The molecule has 3 rings (SSSR count). The predicted molar refractivity (Wildman–Crippen MR) is 138 cm³/mol. The van der Waals surface area contributed by atoms with Crippen LogP contribution in [0.2, 0.25) is 0 Å². The zero-order valence-electron chi connectivity index (χ0n) is 18.0. The Morgan fingerprint density at radius 1 is 1.03 bits per heavy atom. The Morgan fingerprint density at radius 2 is 1.65 bits per heavy atom. The number of anilines is 2. The van der Waals surface area contributed by atoms with Gasteiger partial charge in [-0.1, -0.05) is 23.5 Å². The molecule has 0 saturated carbocycles. The highest BCUT2D eigenvalue weighted by molar-refractivity contribution is 7.87. The number of rotatable bonds is 12. The third-order valence-corrected chi connectivity index (χ3v) is 7.82. The average molecular weight is 544 g/mol. The second-order valence-electron chi connectivity index (χ2n) is 7.31. The molecule has 0 radical (unpaired) electrons. The van der Waals surface area contributed by atoms with Gasteiger partial charge in [0.25, 0.3) is 0 Å². The van der Waals surface area contributed by atoms with Crippen molar-refractivity contribution in [3.8, 4) is 5.75 Å². The van der Waals surface area contributed by atoms with E-state index in [1.165, 1.54) is 23.6 Å². The molecule has 12 heteroatoms. The first-order valence-electron chi connectivity index (χ1n) is 10.2. The van der Waals surface area contributed by atoms with Crippen LogP contribution in [0.25, 0.3) is 0 Å². The van der Waals surface area contributed by atoms with Crippen molar-refractivity contribution in [2.45, 2.75) is 11.7 Å². The topological polar surface area (TPSA) is 116 Å². The van der Waals surface area contributed by atoms with Gasteiger partial charge in [0, 0.05) is 36.2 Å². The predicted octanol–water partition coefficient (Wildman–Crippen LogP) is 5.22. The highest BCUT2D eigenvalue weighted by Crippen LogP contribution is 2.38. The molecular weight excluding hydrogens is 521 g/mol. The summed E-state index contributed by atoms with van der Waals surface area (Å²) >= 11 is 12.6. The summed E-state index contributed by atoms with van der Waals surface area (Å²) in [7, 11) is -4.30. The third kappa shape index (κ3) is 6.53. The Balaban J connectivity index is 1.91. The Morgan fingerprint density at radius 3 is 2.21 bits per heavy atom. The number of nitrogens with two attached hydrogens (primary N) is 1. The molecule has 1 atom stereocenters. The lowest BCUT2D eigenvalue weighted by Crippen LogP contribution is -2.27. The van der Waals surface area contributed by atoms with Gasteiger partial charge in [-0.15, -0.1) is 23.2 Å². The monoisotopic (exact) mass is 543 g/mol. The maximum Gasteiger partial charge on any atom is 0.328 e. The zero-order valence-corrected chi connectivity index (χ0v) is 21.1. The largest absolute Gasteiger partial charge is 0.399 e. The number of hydrogen-bond acceptors (Lipinski definition) is 8. The molecule has 1 aromatic heterocycles. The van der Waals surface area contributed by atoms with Crippen LogP contribution in [0, 0.1) is 10.1 Å². The van der Waals surface area contributed by atoms with Crippen molar-refractivity contribution >= 4 is 61.0 Å². The van der Waals surface area contributed by atoms with E-state index in [9.17, 15) is 18.5 Å². The molecule has 34 heavy (non-hydrogen) atoms. The van der Waals surface area contributed by atoms with Crippen molar-refractivity contribution in [1.82, 2.24) is 0 Å². The minimum Gasteiger partial charge on any atom is -0.399 e. The number of nitrogen functional groups attached to an aromatic ring is 1. The Bertz CT molecular complexity index is 1200. The number of benzene rings is 2. The highest BCUT2D eigenvalue weighted by Gasteiger charge is 2.36. The zero-order chi connectivity index (χ0) is 24.7. The summed E-state index contributed by atoms with van der Waals surface area (Å²) in [4.78, 5) is 12.9. The number of nitrogens with zero attached hydrogens (tertiary/aromatic N) is 2. The Labute approximate surface area is 212 Å². The van der Waals surface area contributed by atoms with E-state index in [-0.39, 0.29) is 22.7 Å². The summed E-state index contributed by atoms with van der Waals surface area (Å²) in [6.07, 6.45) is -0.0164. The van der Waals surface area contributed by atoms with Gasteiger partial charge < -0.3 is 14.8 Å². The summed E-state index contributed by atoms with van der Waals surface area (Å²) in [5, 5.41) is 11.5. The van der Waals surface area contributed by atoms with Gasteiger partial charge in [-0.3, -0.25) is 10.1 Å². The molecule has 0 amide bonds. The Kier molecular flexibility index (Phi) is 9.01. The first kappa shape index (κ1) is 26.1. The first-order chi connectivity index (χ1) is 16.2. The summed E-state index contributed by atoms with van der Waals surface area (Å²) in [6, 6.07) is 14.6. The second-order valence-corrected chi connectivity index (χ2v) is 10.7. The molecule has 0 bridgehead atoms. The normalized spacial score (nSPS) is 12.3. The second kappa shape index (κ2) is 11.7. The molecule has 0 saturated heterocycles. The first-order valence-corrected chi connectivity index (χ1v) is 13.6. The lowest BCUT2D eigenvalue weighted by Gasteiger charge is -2.23. The number of nitro groups is 1. The molecule has 2 aromatic carbocycles. The molecule has 1 unspecified atom stereocenters. The van der Waals surface area contributed by atoms with E-state index in [2.05, 4.69) is 0 Å². The summed E-state index contributed by atoms with van der Waals surface area (Å²) in [5.74, 6) is 0.923. The van der Waals surface area contributed by atoms with Gasteiger partial charge in [0.1, 0.15) is 11.0 Å². The van der Waals surface area contributed by atoms with Crippen LogP contribution in [0.1, 0.15) is 16.4 Å². The highest BCUT2D eigenvalue weighted by atomic mass is 35.5. The maximum atomic E-state index is 13.4. The number of alkyl halides is 2. The van der Waals surface area contributed by atoms with Gasteiger partial charge in [0.05, 0.1) is 10.5 Å².